The number of aromatic nitrogens is 2. The zero-order chi connectivity index (χ0) is 15.4. The summed E-state index contributed by atoms with van der Waals surface area (Å²) in [6, 6.07) is 0.500. The monoisotopic (exact) mass is 304 g/mol. The quantitative estimate of drug-likeness (QED) is 0.832. The summed E-state index contributed by atoms with van der Waals surface area (Å²) in [6.45, 7) is 4.05. The van der Waals surface area contributed by atoms with E-state index in [-0.39, 0.29) is 0 Å². The Bertz CT molecular complexity index is 476. The Balaban J connectivity index is 1.71. The third kappa shape index (κ3) is 3.61. The molecule has 6 heteroatoms. The fourth-order valence-corrected chi connectivity index (χ4v) is 3.39. The maximum absolute atomic E-state index is 6.36. The number of hydrogen-bond acceptors (Lipinski definition) is 6. The summed E-state index contributed by atoms with van der Waals surface area (Å²) in [6.07, 6.45) is 9.37. The minimum atomic E-state index is 0.500. The van der Waals surface area contributed by atoms with Crippen molar-refractivity contribution in [1.29, 1.82) is 0 Å². The molecular formula is C16H28N6. The lowest BCUT2D eigenvalue weighted by molar-refractivity contribution is 0.312. The van der Waals surface area contributed by atoms with Crippen LogP contribution in [0.3, 0.4) is 0 Å². The van der Waals surface area contributed by atoms with Crippen LogP contribution >= 0.6 is 0 Å². The molecule has 122 valence electrons. The number of nitrogens with zero attached hydrogens (tertiary/aromatic N) is 4. The molecule has 0 amide bonds. The highest BCUT2D eigenvalue weighted by molar-refractivity contribution is 5.75. The number of anilines is 3. The molecule has 0 radical (unpaired) electrons. The first-order valence-electron chi connectivity index (χ1n) is 8.54. The molecular weight excluding hydrogens is 276 g/mol. The fraction of sp³-hybridized carbons (Fsp3) is 0.750. The van der Waals surface area contributed by atoms with Crippen LogP contribution in [0, 0.1) is 0 Å². The number of nitrogen functional groups attached to an aromatic ring is 1. The summed E-state index contributed by atoms with van der Waals surface area (Å²) in [5.74, 6) is 1.70. The normalized spacial score (nSPS) is 21.6. The van der Waals surface area contributed by atoms with Gasteiger partial charge in [-0.25, -0.2) is 9.97 Å². The van der Waals surface area contributed by atoms with Gasteiger partial charge in [0.15, 0.2) is 11.6 Å². The second-order valence-corrected chi connectivity index (χ2v) is 6.58. The van der Waals surface area contributed by atoms with Crippen molar-refractivity contribution in [3.63, 3.8) is 0 Å². The van der Waals surface area contributed by atoms with Crippen molar-refractivity contribution in [2.75, 3.05) is 49.2 Å². The SMILES string of the molecule is CN1CCN(c2ncnc(NC3CCCCCC3)c2N)CC1. The van der Waals surface area contributed by atoms with Crippen LogP contribution in [0.5, 0.6) is 0 Å². The van der Waals surface area contributed by atoms with E-state index in [1.807, 2.05) is 0 Å². The number of likely N-dealkylation sites (N-methyl/N-ethyl adjacent to an activating group) is 1. The van der Waals surface area contributed by atoms with Gasteiger partial charge in [0.1, 0.15) is 12.0 Å². The zero-order valence-corrected chi connectivity index (χ0v) is 13.6. The molecule has 22 heavy (non-hydrogen) atoms. The molecule has 0 spiro atoms. The first kappa shape index (κ1) is 15.3. The number of piperazine rings is 1. The van der Waals surface area contributed by atoms with E-state index in [1.54, 1.807) is 6.33 Å². The van der Waals surface area contributed by atoms with Gasteiger partial charge in [-0.05, 0) is 19.9 Å². The molecule has 1 aliphatic carbocycles. The van der Waals surface area contributed by atoms with Crippen LogP contribution in [0.25, 0.3) is 0 Å². The van der Waals surface area contributed by atoms with Crippen molar-refractivity contribution >= 4 is 17.3 Å². The third-order valence-electron chi connectivity index (χ3n) is 4.86. The summed E-state index contributed by atoms with van der Waals surface area (Å²) in [5.41, 5.74) is 7.07. The summed E-state index contributed by atoms with van der Waals surface area (Å²) in [4.78, 5) is 13.4. The Kier molecular flexibility index (Phi) is 4.97. The highest BCUT2D eigenvalue weighted by atomic mass is 15.3. The van der Waals surface area contributed by atoms with Gasteiger partial charge < -0.3 is 20.9 Å². The Labute approximate surface area is 133 Å². The van der Waals surface area contributed by atoms with E-state index in [2.05, 4.69) is 32.1 Å². The Morgan fingerprint density at radius 2 is 1.73 bits per heavy atom. The smallest absolute Gasteiger partial charge is 0.157 e. The summed E-state index contributed by atoms with van der Waals surface area (Å²) in [7, 11) is 2.15. The molecule has 3 N–H and O–H groups in total. The van der Waals surface area contributed by atoms with E-state index in [9.17, 15) is 0 Å². The standard InChI is InChI=1S/C16H28N6/c1-21-8-10-22(11-9-21)16-14(17)15(18-12-19-16)20-13-6-4-2-3-5-7-13/h12-13H,2-11,17H2,1H3,(H,18,19,20). The molecule has 2 aliphatic rings. The van der Waals surface area contributed by atoms with E-state index in [4.69, 9.17) is 5.73 Å². The summed E-state index contributed by atoms with van der Waals surface area (Å²) in [5, 5.41) is 3.56. The van der Waals surface area contributed by atoms with Crippen LogP contribution in [-0.2, 0) is 0 Å². The molecule has 0 atom stereocenters. The fourth-order valence-electron chi connectivity index (χ4n) is 3.39. The molecule has 1 aliphatic heterocycles. The Morgan fingerprint density at radius 1 is 1.05 bits per heavy atom. The van der Waals surface area contributed by atoms with Crippen molar-refractivity contribution in [3.8, 4) is 0 Å². The van der Waals surface area contributed by atoms with Gasteiger partial charge in [-0.1, -0.05) is 25.7 Å². The third-order valence-corrected chi connectivity index (χ3v) is 4.86. The molecule has 0 bridgehead atoms. The van der Waals surface area contributed by atoms with Crippen molar-refractivity contribution in [2.24, 2.45) is 0 Å². The highest BCUT2D eigenvalue weighted by Gasteiger charge is 2.21. The average Bonchev–Trinajstić information content (AvgIpc) is 2.79. The molecule has 1 aromatic rings. The second kappa shape index (κ2) is 7.13. The maximum atomic E-state index is 6.36. The van der Waals surface area contributed by atoms with E-state index < -0.39 is 0 Å². The van der Waals surface area contributed by atoms with Crippen LogP contribution in [0.2, 0.25) is 0 Å². The van der Waals surface area contributed by atoms with Crippen molar-refractivity contribution in [2.45, 2.75) is 44.6 Å². The molecule has 2 heterocycles. The van der Waals surface area contributed by atoms with E-state index in [0.717, 1.165) is 37.8 Å². The number of nitrogens with two attached hydrogens (primary N) is 1. The first-order valence-corrected chi connectivity index (χ1v) is 8.54. The molecule has 1 saturated carbocycles. The molecule has 6 nitrogen and oxygen atoms in total. The zero-order valence-electron chi connectivity index (χ0n) is 13.6. The molecule has 0 aromatic carbocycles. The van der Waals surface area contributed by atoms with Crippen molar-refractivity contribution in [3.05, 3.63) is 6.33 Å². The van der Waals surface area contributed by atoms with Crippen LogP contribution in [0.4, 0.5) is 17.3 Å². The van der Waals surface area contributed by atoms with Gasteiger partial charge in [0.2, 0.25) is 0 Å². The minimum absolute atomic E-state index is 0.500. The lowest BCUT2D eigenvalue weighted by Gasteiger charge is -2.34. The van der Waals surface area contributed by atoms with Gasteiger partial charge in [0.25, 0.3) is 0 Å². The average molecular weight is 304 g/mol. The Hall–Kier alpha value is -1.56. The second-order valence-electron chi connectivity index (χ2n) is 6.58. The molecule has 0 unspecified atom stereocenters. The largest absolute Gasteiger partial charge is 0.393 e. The van der Waals surface area contributed by atoms with E-state index in [1.165, 1.54) is 38.5 Å². The van der Waals surface area contributed by atoms with E-state index >= 15 is 0 Å². The van der Waals surface area contributed by atoms with Crippen LogP contribution in [0.1, 0.15) is 38.5 Å². The van der Waals surface area contributed by atoms with Crippen molar-refractivity contribution < 1.29 is 0 Å². The van der Waals surface area contributed by atoms with Gasteiger partial charge in [0, 0.05) is 32.2 Å². The lowest BCUT2D eigenvalue weighted by Crippen LogP contribution is -2.45. The molecule has 1 aromatic heterocycles. The lowest BCUT2D eigenvalue weighted by atomic mass is 10.1. The van der Waals surface area contributed by atoms with Gasteiger partial charge in [-0.15, -0.1) is 0 Å². The Morgan fingerprint density at radius 3 is 2.41 bits per heavy atom. The van der Waals surface area contributed by atoms with Gasteiger partial charge in [-0.3, -0.25) is 0 Å². The van der Waals surface area contributed by atoms with Crippen LogP contribution in [0.15, 0.2) is 6.33 Å². The van der Waals surface area contributed by atoms with Crippen molar-refractivity contribution in [1.82, 2.24) is 14.9 Å². The van der Waals surface area contributed by atoms with Gasteiger partial charge >= 0.3 is 0 Å². The number of hydrogen-bond donors (Lipinski definition) is 2. The maximum Gasteiger partial charge on any atom is 0.157 e. The number of nitrogens with one attached hydrogen (secondary N) is 1. The van der Waals surface area contributed by atoms with Gasteiger partial charge in [0.05, 0.1) is 0 Å². The van der Waals surface area contributed by atoms with Crippen LogP contribution < -0.4 is 16.0 Å². The predicted octanol–water partition coefficient (Wildman–Crippen LogP) is 1.95. The predicted molar refractivity (Wildman–Crippen MR) is 91.3 cm³/mol. The first-order chi connectivity index (χ1) is 10.7. The summed E-state index contributed by atoms with van der Waals surface area (Å²) >= 11 is 0. The number of rotatable bonds is 3. The van der Waals surface area contributed by atoms with Crippen LogP contribution in [-0.4, -0.2) is 54.1 Å². The van der Waals surface area contributed by atoms with Gasteiger partial charge in [-0.2, -0.15) is 0 Å². The summed E-state index contributed by atoms with van der Waals surface area (Å²) < 4.78 is 0. The highest BCUT2D eigenvalue weighted by Crippen LogP contribution is 2.29. The molecule has 3 rings (SSSR count). The molecule has 1 saturated heterocycles. The topological polar surface area (TPSA) is 70.3 Å². The van der Waals surface area contributed by atoms with E-state index in [0.29, 0.717) is 11.7 Å². The minimum Gasteiger partial charge on any atom is -0.393 e. The molecule has 2 fully saturated rings.